The van der Waals surface area contributed by atoms with Crippen LogP contribution in [0.1, 0.15) is 28.4 Å². The van der Waals surface area contributed by atoms with Crippen LogP contribution < -0.4 is 0 Å². The summed E-state index contributed by atoms with van der Waals surface area (Å²) in [5, 5.41) is 21.0. The largest absolute Gasteiger partial charge is 0.504 e. The maximum atomic E-state index is 13.6. The number of para-hydroxylation sites is 1. The molecule has 1 aromatic heterocycles. The van der Waals surface area contributed by atoms with Gasteiger partial charge in [0.1, 0.15) is 12.1 Å². The summed E-state index contributed by atoms with van der Waals surface area (Å²) in [4.78, 5) is 33.5. The highest BCUT2D eigenvalue weighted by Crippen LogP contribution is 2.45. The Kier molecular flexibility index (Phi) is 4.20. The number of rotatable bonds is 3. The highest BCUT2D eigenvalue weighted by molar-refractivity contribution is 6.05. The first-order chi connectivity index (χ1) is 16.0. The molecule has 3 N–H and O–H groups in total. The van der Waals surface area contributed by atoms with Crippen LogP contribution in [0.3, 0.4) is 0 Å². The van der Waals surface area contributed by atoms with Gasteiger partial charge in [-0.05, 0) is 34.9 Å². The van der Waals surface area contributed by atoms with E-state index in [4.69, 9.17) is 0 Å². The number of phenolic OH excluding ortho intramolecular Hbond substituents is 2. The predicted octanol–water partition coefficient (Wildman–Crippen LogP) is 4.06. The third-order valence-corrected chi connectivity index (χ3v) is 6.63. The Morgan fingerprint density at radius 1 is 0.909 bits per heavy atom. The number of carbonyl (C=O) groups is 2. The number of aromatic hydroxyl groups is 2. The van der Waals surface area contributed by atoms with Gasteiger partial charge in [0, 0.05) is 23.0 Å². The zero-order chi connectivity index (χ0) is 22.7. The van der Waals surface area contributed by atoms with Crippen molar-refractivity contribution in [3.8, 4) is 11.5 Å². The van der Waals surface area contributed by atoms with Crippen LogP contribution in [0, 0.1) is 0 Å². The van der Waals surface area contributed by atoms with Crippen molar-refractivity contribution in [3.05, 3.63) is 95.2 Å². The van der Waals surface area contributed by atoms with E-state index < -0.39 is 12.1 Å². The van der Waals surface area contributed by atoms with Gasteiger partial charge < -0.3 is 15.2 Å². The molecule has 2 aliphatic heterocycles. The molecule has 3 heterocycles. The summed E-state index contributed by atoms with van der Waals surface area (Å²) < 4.78 is 0. The zero-order valence-electron chi connectivity index (χ0n) is 17.6. The minimum atomic E-state index is -0.645. The molecule has 0 bridgehead atoms. The fourth-order valence-corrected chi connectivity index (χ4v) is 5.10. The molecule has 2 atom stereocenters. The van der Waals surface area contributed by atoms with Crippen molar-refractivity contribution in [1.82, 2.24) is 14.8 Å². The molecule has 4 aromatic rings. The van der Waals surface area contributed by atoms with E-state index in [1.165, 1.54) is 17.0 Å². The Balaban J connectivity index is 1.50. The van der Waals surface area contributed by atoms with E-state index in [2.05, 4.69) is 4.98 Å². The highest BCUT2D eigenvalue weighted by atomic mass is 16.3. The third kappa shape index (κ3) is 2.89. The average molecular weight is 439 g/mol. The van der Waals surface area contributed by atoms with Crippen molar-refractivity contribution < 1.29 is 19.8 Å². The van der Waals surface area contributed by atoms with Crippen molar-refractivity contribution in [2.45, 2.75) is 25.0 Å². The summed E-state index contributed by atoms with van der Waals surface area (Å²) >= 11 is 0. The van der Waals surface area contributed by atoms with E-state index in [0.29, 0.717) is 12.0 Å². The van der Waals surface area contributed by atoms with E-state index in [-0.39, 0.29) is 30.0 Å². The summed E-state index contributed by atoms with van der Waals surface area (Å²) in [5.74, 6) is -0.739. The molecule has 2 aliphatic rings. The third-order valence-electron chi connectivity index (χ3n) is 6.63. The Hall–Kier alpha value is -4.26. The number of nitrogens with one attached hydrogen (secondary N) is 1. The lowest BCUT2D eigenvalue weighted by Crippen LogP contribution is -2.44. The van der Waals surface area contributed by atoms with Gasteiger partial charge >= 0.3 is 6.03 Å². The van der Waals surface area contributed by atoms with Crippen LogP contribution in [0.15, 0.2) is 72.8 Å². The molecule has 33 heavy (non-hydrogen) atoms. The van der Waals surface area contributed by atoms with Crippen LogP contribution in [0.5, 0.6) is 11.5 Å². The van der Waals surface area contributed by atoms with Gasteiger partial charge in [-0.1, -0.05) is 54.6 Å². The van der Waals surface area contributed by atoms with Crippen molar-refractivity contribution >= 4 is 22.8 Å². The summed E-state index contributed by atoms with van der Waals surface area (Å²) in [5.41, 5.74) is 4.23. The molecule has 3 aromatic carbocycles. The monoisotopic (exact) mass is 439 g/mol. The first kappa shape index (κ1) is 19.4. The second-order valence-electron chi connectivity index (χ2n) is 8.53. The smallest absolute Gasteiger partial charge is 0.328 e. The van der Waals surface area contributed by atoms with Gasteiger partial charge in [-0.2, -0.15) is 0 Å². The van der Waals surface area contributed by atoms with E-state index >= 15 is 0 Å². The summed E-state index contributed by atoms with van der Waals surface area (Å²) in [6, 6.07) is 20.2. The predicted molar refractivity (Wildman–Crippen MR) is 122 cm³/mol. The number of amides is 3. The van der Waals surface area contributed by atoms with Crippen molar-refractivity contribution in [2.75, 3.05) is 0 Å². The fraction of sp³-hybridized carbons (Fsp3) is 0.154. The number of imide groups is 1. The number of aromatic amines is 1. The van der Waals surface area contributed by atoms with Crippen LogP contribution in [0.4, 0.5) is 4.79 Å². The molecule has 164 valence electrons. The lowest BCUT2D eigenvalue weighted by molar-refractivity contribution is -0.129. The Morgan fingerprint density at radius 3 is 2.45 bits per heavy atom. The van der Waals surface area contributed by atoms with Gasteiger partial charge in [0.25, 0.3) is 5.91 Å². The van der Waals surface area contributed by atoms with Gasteiger partial charge in [0.05, 0.1) is 6.54 Å². The minimum Gasteiger partial charge on any atom is -0.504 e. The molecule has 0 radical (unpaired) electrons. The maximum Gasteiger partial charge on any atom is 0.328 e. The minimum absolute atomic E-state index is 0.202. The summed E-state index contributed by atoms with van der Waals surface area (Å²) in [6.07, 6.45) is 0.412. The van der Waals surface area contributed by atoms with Crippen molar-refractivity contribution in [2.24, 2.45) is 0 Å². The Labute approximate surface area is 189 Å². The quantitative estimate of drug-likeness (QED) is 0.331. The number of hydrogen-bond donors (Lipinski definition) is 3. The van der Waals surface area contributed by atoms with Gasteiger partial charge in [-0.3, -0.25) is 14.6 Å². The molecular weight excluding hydrogens is 418 g/mol. The first-order valence-electron chi connectivity index (χ1n) is 10.8. The SMILES string of the molecule is O=C1[C@@H]2Cc3c([nH]c4ccccc34)[C@@H](c3ccc(O)c(O)c3)N2C(=O)N1Cc1ccccc1. The highest BCUT2D eigenvalue weighted by Gasteiger charge is 2.52. The molecule has 6 rings (SSSR count). The van der Waals surface area contributed by atoms with Gasteiger partial charge in [-0.25, -0.2) is 4.79 Å². The number of H-pyrrole nitrogens is 1. The molecule has 0 saturated carbocycles. The van der Waals surface area contributed by atoms with Crippen LogP contribution in [-0.4, -0.2) is 43.0 Å². The number of hydrogen-bond acceptors (Lipinski definition) is 4. The average Bonchev–Trinajstić information content (AvgIpc) is 3.31. The summed E-state index contributed by atoms with van der Waals surface area (Å²) in [7, 11) is 0. The van der Waals surface area contributed by atoms with Gasteiger partial charge in [0.15, 0.2) is 11.5 Å². The normalized spacial score (nSPS) is 19.8. The fourth-order valence-electron chi connectivity index (χ4n) is 5.10. The molecule has 0 unspecified atom stereocenters. The van der Waals surface area contributed by atoms with E-state index in [9.17, 15) is 19.8 Å². The van der Waals surface area contributed by atoms with Crippen LogP contribution in [0.2, 0.25) is 0 Å². The van der Waals surface area contributed by atoms with Crippen LogP contribution in [0.25, 0.3) is 10.9 Å². The zero-order valence-corrected chi connectivity index (χ0v) is 17.6. The molecule has 1 fully saturated rings. The molecule has 7 nitrogen and oxygen atoms in total. The lowest BCUT2D eigenvalue weighted by atomic mass is 9.88. The van der Waals surface area contributed by atoms with Crippen molar-refractivity contribution in [1.29, 1.82) is 0 Å². The number of benzene rings is 3. The number of urea groups is 1. The molecule has 1 saturated heterocycles. The van der Waals surface area contributed by atoms with Gasteiger partial charge in [-0.15, -0.1) is 0 Å². The number of aromatic nitrogens is 1. The topological polar surface area (TPSA) is 96.9 Å². The first-order valence-corrected chi connectivity index (χ1v) is 10.8. The second kappa shape index (κ2) is 7.13. The number of fused-ring (bicyclic) bond motifs is 4. The van der Waals surface area contributed by atoms with Gasteiger partial charge in [0.2, 0.25) is 0 Å². The standard InChI is InChI=1S/C26H21N3O4/c30-21-11-10-16(12-22(21)31)24-23-18(17-8-4-5-9-19(17)27-23)13-20-25(32)28(26(33)29(20)24)14-15-6-2-1-3-7-15/h1-12,20,24,27,30-31H,13-14H2/t20-,24+/m0/s1. The second-order valence-corrected chi connectivity index (χ2v) is 8.53. The maximum absolute atomic E-state index is 13.6. The Morgan fingerprint density at radius 2 is 1.67 bits per heavy atom. The molecule has 3 amide bonds. The van der Waals surface area contributed by atoms with Crippen LogP contribution >= 0.6 is 0 Å². The summed E-state index contributed by atoms with van der Waals surface area (Å²) in [6.45, 7) is 0.202. The van der Waals surface area contributed by atoms with Crippen molar-refractivity contribution in [3.63, 3.8) is 0 Å². The molecule has 7 heteroatoms. The van der Waals surface area contributed by atoms with E-state index in [1.54, 1.807) is 11.0 Å². The molecular formula is C26H21N3O4. The van der Waals surface area contributed by atoms with Crippen LogP contribution in [-0.2, 0) is 17.8 Å². The van der Waals surface area contributed by atoms with E-state index in [1.807, 2.05) is 54.6 Å². The number of carbonyl (C=O) groups excluding carboxylic acids is 2. The lowest BCUT2D eigenvalue weighted by Gasteiger charge is -2.36. The number of nitrogens with zero attached hydrogens (tertiary/aromatic N) is 2. The molecule has 0 spiro atoms. The van der Waals surface area contributed by atoms with E-state index in [0.717, 1.165) is 27.7 Å². The molecule has 0 aliphatic carbocycles. The Bertz CT molecular complexity index is 1410. The number of phenols is 2.